The van der Waals surface area contributed by atoms with Crippen LogP contribution in [-0.2, 0) is 17.1 Å². The molecule has 8 nitrogen and oxygen atoms in total. The average molecular weight is 563 g/mol. The van der Waals surface area contributed by atoms with E-state index >= 15 is 0 Å². The van der Waals surface area contributed by atoms with Crippen LogP contribution >= 0.6 is 0 Å². The fraction of sp³-hybridized carbons (Fsp3) is 0.0690. The number of hydrogen-bond donors (Lipinski definition) is 2. The number of aromatic nitrogens is 2. The third-order valence-corrected chi connectivity index (χ3v) is 8.26. The molecular weight excluding hydrogens is 538 g/mol. The third kappa shape index (κ3) is 4.30. The zero-order valence-electron chi connectivity index (χ0n) is 21.5. The lowest BCUT2D eigenvalue weighted by atomic mass is 9.97. The molecule has 0 unspecified atom stereocenters. The largest absolute Gasteiger partial charge is 0.451 e. The standard InChI is InChI=1S/C29H24F2N4O4S/c1-4-17-13-21(28(26(33)25(17)32)39-24-10-7-18(30)14-23(24)31)22-15-34(3)29(36)27-20(22)11-12-35(27)40(37,38)19-8-5-16(2)6-9-19/h4-15H,1,32-33H2,2-3H3. The maximum atomic E-state index is 14.6. The molecule has 0 spiro atoms. The Hall–Kier alpha value is -4.90. The molecule has 0 saturated heterocycles. The number of nitrogens with zero attached hydrogens (tertiary/aromatic N) is 2. The second-order valence-corrected chi connectivity index (χ2v) is 11.0. The van der Waals surface area contributed by atoms with Crippen LogP contribution in [-0.4, -0.2) is 17.0 Å². The topological polar surface area (TPSA) is 122 Å². The first kappa shape index (κ1) is 26.7. The molecule has 40 heavy (non-hydrogen) atoms. The summed E-state index contributed by atoms with van der Waals surface area (Å²) in [5, 5.41) is 0.266. The van der Waals surface area contributed by atoms with E-state index < -0.39 is 27.2 Å². The number of fused-ring (bicyclic) bond motifs is 1. The van der Waals surface area contributed by atoms with E-state index in [1.165, 1.54) is 48.3 Å². The second-order valence-electron chi connectivity index (χ2n) is 9.20. The molecule has 204 valence electrons. The summed E-state index contributed by atoms with van der Waals surface area (Å²) in [6.45, 7) is 5.59. The molecule has 2 aromatic heterocycles. The first-order chi connectivity index (χ1) is 18.9. The van der Waals surface area contributed by atoms with E-state index in [-0.39, 0.29) is 44.2 Å². The molecule has 0 fully saturated rings. The van der Waals surface area contributed by atoms with Gasteiger partial charge in [0.15, 0.2) is 17.3 Å². The Kier molecular flexibility index (Phi) is 6.47. The van der Waals surface area contributed by atoms with Crippen molar-refractivity contribution in [2.45, 2.75) is 11.8 Å². The summed E-state index contributed by atoms with van der Waals surface area (Å²) >= 11 is 0. The fourth-order valence-electron chi connectivity index (χ4n) is 4.44. The minimum absolute atomic E-state index is 0.00420. The van der Waals surface area contributed by atoms with Crippen LogP contribution in [0, 0.1) is 18.6 Å². The number of aryl methyl sites for hydroxylation is 2. The van der Waals surface area contributed by atoms with Crippen LogP contribution in [0.4, 0.5) is 20.2 Å². The molecule has 0 radical (unpaired) electrons. The van der Waals surface area contributed by atoms with E-state index in [1.807, 2.05) is 6.92 Å². The number of nitrogen functional groups attached to an aromatic ring is 2. The smallest absolute Gasteiger partial charge is 0.275 e. The van der Waals surface area contributed by atoms with Gasteiger partial charge in [0, 0.05) is 42.0 Å². The summed E-state index contributed by atoms with van der Waals surface area (Å²) < 4.78 is 63.2. The van der Waals surface area contributed by atoms with Gasteiger partial charge < -0.3 is 20.8 Å². The highest BCUT2D eigenvalue weighted by Crippen LogP contribution is 2.45. The number of halogens is 2. The Bertz CT molecular complexity index is 2000. The predicted octanol–water partition coefficient (Wildman–Crippen LogP) is 5.43. The highest BCUT2D eigenvalue weighted by molar-refractivity contribution is 7.90. The first-order valence-corrected chi connectivity index (χ1v) is 13.4. The molecule has 5 rings (SSSR count). The lowest BCUT2D eigenvalue weighted by molar-refractivity contribution is 0.441. The SMILES string of the molecule is C=Cc1cc(-c2cn(C)c(=O)c3c2ccn3S(=O)(=O)c2ccc(C)cc2)c(Oc2ccc(F)cc2F)c(N)c1N. The summed E-state index contributed by atoms with van der Waals surface area (Å²) in [6, 6.07) is 12.1. The van der Waals surface area contributed by atoms with Gasteiger partial charge >= 0.3 is 0 Å². The van der Waals surface area contributed by atoms with Gasteiger partial charge in [0.25, 0.3) is 15.6 Å². The van der Waals surface area contributed by atoms with E-state index in [9.17, 15) is 22.0 Å². The Morgan fingerprint density at radius 2 is 1.68 bits per heavy atom. The maximum Gasteiger partial charge on any atom is 0.275 e. The molecule has 0 aliphatic carbocycles. The zero-order valence-corrected chi connectivity index (χ0v) is 22.3. The van der Waals surface area contributed by atoms with Crippen molar-refractivity contribution in [3.63, 3.8) is 0 Å². The van der Waals surface area contributed by atoms with E-state index in [4.69, 9.17) is 16.2 Å². The third-order valence-electron chi connectivity index (χ3n) is 6.57. The van der Waals surface area contributed by atoms with Crippen LogP contribution in [0.1, 0.15) is 11.1 Å². The monoisotopic (exact) mass is 562 g/mol. The van der Waals surface area contributed by atoms with Gasteiger partial charge in [-0.1, -0.05) is 30.4 Å². The van der Waals surface area contributed by atoms with Crippen LogP contribution in [0.25, 0.3) is 28.1 Å². The molecule has 0 amide bonds. The molecule has 3 aromatic carbocycles. The molecule has 5 aromatic rings. The van der Waals surface area contributed by atoms with Gasteiger partial charge in [-0.25, -0.2) is 21.2 Å². The van der Waals surface area contributed by atoms with E-state index in [0.717, 1.165) is 21.7 Å². The van der Waals surface area contributed by atoms with Gasteiger partial charge in [-0.3, -0.25) is 4.79 Å². The predicted molar refractivity (Wildman–Crippen MR) is 152 cm³/mol. The van der Waals surface area contributed by atoms with Crippen LogP contribution in [0.2, 0.25) is 0 Å². The Morgan fingerprint density at radius 3 is 2.33 bits per heavy atom. The van der Waals surface area contributed by atoms with Crippen molar-refractivity contribution in [3.8, 4) is 22.6 Å². The van der Waals surface area contributed by atoms with Gasteiger partial charge in [0.1, 0.15) is 11.3 Å². The lowest BCUT2D eigenvalue weighted by Gasteiger charge is -2.19. The summed E-state index contributed by atoms with van der Waals surface area (Å²) in [5.74, 6) is -2.16. The number of hydrogen-bond acceptors (Lipinski definition) is 6. The van der Waals surface area contributed by atoms with E-state index in [0.29, 0.717) is 17.2 Å². The van der Waals surface area contributed by atoms with Crippen molar-refractivity contribution < 1.29 is 21.9 Å². The molecule has 4 N–H and O–H groups in total. The van der Waals surface area contributed by atoms with Gasteiger partial charge in [-0.2, -0.15) is 0 Å². The highest BCUT2D eigenvalue weighted by Gasteiger charge is 2.26. The molecule has 2 heterocycles. The first-order valence-electron chi connectivity index (χ1n) is 11.9. The van der Waals surface area contributed by atoms with Crippen LogP contribution in [0.3, 0.4) is 0 Å². The molecule has 0 atom stereocenters. The Balaban J connectivity index is 1.81. The van der Waals surface area contributed by atoms with Gasteiger partial charge in [-0.05, 0) is 48.9 Å². The molecule has 11 heteroatoms. The van der Waals surface area contributed by atoms with Crippen molar-refractivity contribution in [3.05, 3.63) is 107 Å². The van der Waals surface area contributed by atoms with E-state index in [1.54, 1.807) is 18.2 Å². The second kappa shape index (κ2) is 9.69. The average Bonchev–Trinajstić information content (AvgIpc) is 3.37. The van der Waals surface area contributed by atoms with Crippen molar-refractivity contribution >= 4 is 38.4 Å². The summed E-state index contributed by atoms with van der Waals surface area (Å²) in [4.78, 5) is 13.3. The van der Waals surface area contributed by atoms with Gasteiger partial charge in [0.05, 0.1) is 16.3 Å². The molecule has 0 aliphatic rings. The lowest BCUT2D eigenvalue weighted by Crippen LogP contribution is -2.22. The number of nitrogens with two attached hydrogens (primary N) is 2. The Labute approximate surface area is 228 Å². The van der Waals surface area contributed by atoms with Crippen molar-refractivity contribution in [2.75, 3.05) is 11.5 Å². The zero-order chi connectivity index (χ0) is 28.9. The Morgan fingerprint density at radius 1 is 0.975 bits per heavy atom. The van der Waals surface area contributed by atoms with Gasteiger partial charge in [0.2, 0.25) is 0 Å². The highest BCUT2D eigenvalue weighted by atomic mass is 32.2. The minimum Gasteiger partial charge on any atom is -0.451 e. The van der Waals surface area contributed by atoms with Crippen molar-refractivity contribution in [1.82, 2.24) is 8.54 Å². The number of anilines is 2. The molecule has 0 saturated carbocycles. The minimum atomic E-state index is -4.15. The molecule has 0 aliphatic heterocycles. The number of rotatable bonds is 6. The maximum absolute atomic E-state index is 14.6. The summed E-state index contributed by atoms with van der Waals surface area (Å²) in [6.07, 6.45) is 4.24. The summed E-state index contributed by atoms with van der Waals surface area (Å²) in [5.41, 5.74) is 13.8. The van der Waals surface area contributed by atoms with Crippen LogP contribution in [0.15, 0.2) is 83.3 Å². The molecular formula is C29H24F2N4O4S. The summed E-state index contributed by atoms with van der Waals surface area (Å²) in [7, 11) is -2.68. The normalized spacial score (nSPS) is 11.6. The van der Waals surface area contributed by atoms with Gasteiger partial charge in [-0.15, -0.1) is 0 Å². The number of benzene rings is 3. The quantitative estimate of drug-likeness (QED) is 0.266. The van der Waals surface area contributed by atoms with Crippen LogP contribution < -0.4 is 21.8 Å². The number of pyridine rings is 1. The van der Waals surface area contributed by atoms with Crippen LogP contribution in [0.5, 0.6) is 11.5 Å². The van der Waals surface area contributed by atoms with Crippen molar-refractivity contribution in [1.29, 1.82) is 0 Å². The fourth-order valence-corrected chi connectivity index (χ4v) is 5.78. The molecule has 0 bridgehead atoms. The number of ether oxygens (including phenoxy) is 1. The van der Waals surface area contributed by atoms with Crippen molar-refractivity contribution in [2.24, 2.45) is 7.05 Å². The van der Waals surface area contributed by atoms with E-state index in [2.05, 4.69) is 6.58 Å².